The number of carbonyl (C=O) groups excluding carboxylic acids is 1. The Morgan fingerprint density at radius 2 is 2.10 bits per heavy atom. The molecule has 0 radical (unpaired) electrons. The summed E-state index contributed by atoms with van der Waals surface area (Å²) in [4.78, 5) is 14.3. The molecule has 2 rings (SSSR count). The fourth-order valence-electron chi connectivity index (χ4n) is 3.81. The second-order valence-corrected chi connectivity index (χ2v) is 6.39. The predicted octanol–water partition coefficient (Wildman–Crippen LogP) is 1.15. The monoisotopic (exact) mass is 298 g/mol. The van der Waals surface area contributed by atoms with E-state index in [0.717, 1.165) is 45.1 Å². The van der Waals surface area contributed by atoms with Gasteiger partial charge in [-0.1, -0.05) is 12.8 Å². The SMILES string of the molecule is COCCCNC(=O)CN1CCCC1C1CCCCC1O. The number of rotatable bonds is 7. The molecule has 1 saturated carbocycles. The highest BCUT2D eigenvalue weighted by atomic mass is 16.5. The number of ether oxygens (including phenoxy) is 1. The molecule has 1 heterocycles. The number of methoxy groups -OCH3 is 1. The van der Waals surface area contributed by atoms with Gasteiger partial charge in [-0.15, -0.1) is 0 Å². The van der Waals surface area contributed by atoms with Crippen molar-refractivity contribution < 1.29 is 14.6 Å². The molecule has 122 valence electrons. The van der Waals surface area contributed by atoms with Gasteiger partial charge in [0.05, 0.1) is 12.6 Å². The number of likely N-dealkylation sites (tertiary alicyclic amines) is 1. The summed E-state index contributed by atoms with van der Waals surface area (Å²) in [5.41, 5.74) is 0. The van der Waals surface area contributed by atoms with Crippen LogP contribution in [0, 0.1) is 5.92 Å². The van der Waals surface area contributed by atoms with Crippen LogP contribution in [0.4, 0.5) is 0 Å². The molecule has 1 aliphatic carbocycles. The molecule has 5 heteroatoms. The van der Waals surface area contributed by atoms with Crippen molar-refractivity contribution in [1.29, 1.82) is 0 Å². The summed E-state index contributed by atoms with van der Waals surface area (Å²) >= 11 is 0. The normalized spacial score (nSPS) is 30.5. The van der Waals surface area contributed by atoms with E-state index >= 15 is 0 Å². The molecule has 3 unspecified atom stereocenters. The number of carbonyl (C=O) groups is 1. The third-order valence-electron chi connectivity index (χ3n) is 4.88. The maximum Gasteiger partial charge on any atom is 0.234 e. The van der Waals surface area contributed by atoms with E-state index in [9.17, 15) is 9.90 Å². The zero-order valence-electron chi connectivity index (χ0n) is 13.2. The summed E-state index contributed by atoms with van der Waals surface area (Å²) in [7, 11) is 1.67. The van der Waals surface area contributed by atoms with Crippen LogP contribution in [0.3, 0.4) is 0 Å². The topological polar surface area (TPSA) is 61.8 Å². The molecular weight excluding hydrogens is 268 g/mol. The Morgan fingerprint density at radius 1 is 1.29 bits per heavy atom. The molecule has 0 bridgehead atoms. The summed E-state index contributed by atoms with van der Waals surface area (Å²) in [6, 6.07) is 0.394. The molecule has 1 amide bonds. The van der Waals surface area contributed by atoms with Gasteiger partial charge in [-0.05, 0) is 38.6 Å². The molecule has 0 spiro atoms. The predicted molar refractivity (Wildman–Crippen MR) is 82.1 cm³/mol. The van der Waals surface area contributed by atoms with E-state index in [4.69, 9.17) is 4.74 Å². The van der Waals surface area contributed by atoms with Crippen molar-refractivity contribution in [3.05, 3.63) is 0 Å². The van der Waals surface area contributed by atoms with E-state index in [1.807, 2.05) is 0 Å². The third kappa shape index (κ3) is 4.94. The number of nitrogens with zero attached hydrogens (tertiary/aromatic N) is 1. The van der Waals surface area contributed by atoms with E-state index in [2.05, 4.69) is 10.2 Å². The second kappa shape index (κ2) is 8.71. The third-order valence-corrected chi connectivity index (χ3v) is 4.88. The maximum absolute atomic E-state index is 12.0. The van der Waals surface area contributed by atoms with Crippen LogP contribution in [-0.2, 0) is 9.53 Å². The zero-order chi connectivity index (χ0) is 15.1. The van der Waals surface area contributed by atoms with Gasteiger partial charge in [-0.3, -0.25) is 9.69 Å². The van der Waals surface area contributed by atoms with Gasteiger partial charge in [0.2, 0.25) is 5.91 Å². The van der Waals surface area contributed by atoms with Crippen LogP contribution in [0.15, 0.2) is 0 Å². The van der Waals surface area contributed by atoms with Crippen molar-refractivity contribution in [3.63, 3.8) is 0 Å². The first-order chi connectivity index (χ1) is 10.2. The lowest BCUT2D eigenvalue weighted by molar-refractivity contribution is -0.123. The van der Waals surface area contributed by atoms with Crippen LogP contribution in [0.2, 0.25) is 0 Å². The first-order valence-corrected chi connectivity index (χ1v) is 8.40. The van der Waals surface area contributed by atoms with Crippen LogP contribution in [-0.4, -0.2) is 61.4 Å². The van der Waals surface area contributed by atoms with Gasteiger partial charge in [0.15, 0.2) is 0 Å². The smallest absolute Gasteiger partial charge is 0.234 e. The summed E-state index contributed by atoms with van der Waals surface area (Å²) in [6.07, 6.45) is 7.35. The summed E-state index contributed by atoms with van der Waals surface area (Å²) in [5.74, 6) is 0.464. The Bertz CT molecular complexity index is 325. The molecular formula is C16H30N2O3. The largest absolute Gasteiger partial charge is 0.393 e. The van der Waals surface area contributed by atoms with Gasteiger partial charge in [-0.25, -0.2) is 0 Å². The van der Waals surface area contributed by atoms with Crippen LogP contribution in [0.1, 0.15) is 44.9 Å². The zero-order valence-corrected chi connectivity index (χ0v) is 13.2. The fraction of sp³-hybridized carbons (Fsp3) is 0.938. The highest BCUT2D eigenvalue weighted by molar-refractivity contribution is 5.78. The minimum absolute atomic E-state index is 0.100. The molecule has 2 fully saturated rings. The van der Waals surface area contributed by atoms with Crippen molar-refractivity contribution >= 4 is 5.91 Å². The first-order valence-electron chi connectivity index (χ1n) is 8.40. The number of aliphatic hydroxyl groups is 1. The average molecular weight is 298 g/mol. The molecule has 0 aromatic rings. The molecule has 1 saturated heterocycles. The number of hydrogen-bond acceptors (Lipinski definition) is 4. The highest BCUT2D eigenvalue weighted by Crippen LogP contribution is 2.34. The van der Waals surface area contributed by atoms with Crippen LogP contribution < -0.4 is 5.32 Å². The minimum atomic E-state index is -0.172. The van der Waals surface area contributed by atoms with Crippen LogP contribution in [0.5, 0.6) is 0 Å². The maximum atomic E-state index is 12.0. The van der Waals surface area contributed by atoms with Gasteiger partial charge >= 0.3 is 0 Å². The average Bonchev–Trinajstić information content (AvgIpc) is 2.92. The molecule has 2 aliphatic rings. The summed E-state index contributed by atoms with van der Waals surface area (Å²) in [5, 5.41) is 13.2. The minimum Gasteiger partial charge on any atom is -0.393 e. The van der Waals surface area contributed by atoms with E-state index in [-0.39, 0.29) is 12.0 Å². The van der Waals surface area contributed by atoms with Crippen molar-refractivity contribution in [2.75, 3.05) is 33.4 Å². The van der Waals surface area contributed by atoms with Gasteiger partial charge < -0.3 is 15.2 Å². The molecule has 0 aromatic carbocycles. The molecule has 21 heavy (non-hydrogen) atoms. The van der Waals surface area contributed by atoms with Crippen molar-refractivity contribution in [2.45, 2.75) is 57.1 Å². The van der Waals surface area contributed by atoms with E-state index in [0.29, 0.717) is 31.7 Å². The molecule has 5 nitrogen and oxygen atoms in total. The lowest BCUT2D eigenvalue weighted by Crippen LogP contribution is -2.46. The van der Waals surface area contributed by atoms with Gasteiger partial charge in [0, 0.05) is 32.2 Å². The fourth-order valence-corrected chi connectivity index (χ4v) is 3.81. The molecule has 0 aromatic heterocycles. The molecule has 1 aliphatic heterocycles. The Morgan fingerprint density at radius 3 is 2.86 bits per heavy atom. The van der Waals surface area contributed by atoms with E-state index in [1.54, 1.807) is 7.11 Å². The van der Waals surface area contributed by atoms with E-state index in [1.165, 1.54) is 6.42 Å². The Hall–Kier alpha value is -0.650. The lowest BCUT2D eigenvalue weighted by Gasteiger charge is -2.37. The summed E-state index contributed by atoms with van der Waals surface area (Å²) in [6.45, 7) is 2.82. The first kappa shape index (κ1) is 16.7. The van der Waals surface area contributed by atoms with Crippen LogP contribution >= 0.6 is 0 Å². The van der Waals surface area contributed by atoms with Crippen molar-refractivity contribution in [1.82, 2.24) is 10.2 Å². The number of aliphatic hydroxyl groups excluding tert-OH is 1. The van der Waals surface area contributed by atoms with Crippen LogP contribution in [0.25, 0.3) is 0 Å². The lowest BCUT2D eigenvalue weighted by atomic mass is 9.80. The second-order valence-electron chi connectivity index (χ2n) is 6.39. The summed E-state index contributed by atoms with van der Waals surface area (Å²) < 4.78 is 4.98. The van der Waals surface area contributed by atoms with Gasteiger partial charge in [0.25, 0.3) is 0 Å². The van der Waals surface area contributed by atoms with Crippen molar-refractivity contribution in [2.24, 2.45) is 5.92 Å². The quantitative estimate of drug-likeness (QED) is 0.692. The molecule has 3 atom stereocenters. The number of amides is 1. The number of hydrogen-bond donors (Lipinski definition) is 2. The Kier molecular flexibility index (Phi) is 6.93. The standard InChI is InChI=1S/C16H30N2O3/c1-21-11-5-9-17-16(20)12-18-10-4-7-14(18)13-6-2-3-8-15(13)19/h13-15,19H,2-12H2,1H3,(H,17,20). The highest BCUT2D eigenvalue weighted by Gasteiger charge is 2.37. The Balaban J connectivity index is 1.77. The molecule has 2 N–H and O–H groups in total. The Labute approximate surface area is 128 Å². The number of nitrogens with one attached hydrogen (secondary N) is 1. The van der Waals surface area contributed by atoms with Gasteiger partial charge in [-0.2, -0.15) is 0 Å². The van der Waals surface area contributed by atoms with Crippen molar-refractivity contribution in [3.8, 4) is 0 Å². The van der Waals surface area contributed by atoms with Gasteiger partial charge in [0.1, 0.15) is 0 Å². The van der Waals surface area contributed by atoms with E-state index < -0.39 is 0 Å².